The molecular weight excluding hydrogens is 392 g/mol. The SMILES string of the molecule is Cc1ccc(N2C[C@@H](C(=O)OCC(=O)Nc3cccc4c3N=S=N4)CC2=O)cc1. The highest BCUT2D eigenvalue weighted by atomic mass is 32.1. The number of ether oxygens (including phenoxy) is 1. The first-order valence-electron chi connectivity index (χ1n) is 9.06. The maximum atomic E-state index is 12.3. The second kappa shape index (κ2) is 7.96. The number of anilines is 2. The molecule has 148 valence electrons. The van der Waals surface area contributed by atoms with E-state index in [0.29, 0.717) is 17.1 Å². The average Bonchev–Trinajstić information content (AvgIpc) is 3.34. The predicted octanol–water partition coefficient (Wildman–Crippen LogP) is 3.26. The van der Waals surface area contributed by atoms with Gasteiger partial charge >= 0.3 is 5.97 Å². The Labute approximate surface area is 170 Å². The zero-order chi connectivity index (χ0) is 20.4. The fraction of sp³-hybridized carbons (Fsp3) is 0.250. The lowest BCUT2D eigenvalue weighted by Gasteiger charge is -2.16. The highest BCUT2D eigenvalue weighted by Gasteiger charge is 2.36. The van der Waals surface area contributed by atoms with Crippen LogP contribution in [0.4, 0.5) is 22.7 Å². The van der Waals surface area contributed by atoms with Crippen LogP contribution in [-0.4, -0.2) is 30.9 Å². The van der Waals surface area contributed by atoms with Crippen molar-refractivity contribution >= 4 is 51.9 Å². The molecular formula is C20H18N4O4S. The number of nitrogens with one attached hydrogen (secondary N) is 1. The van der Waals surface area contributed by atoms with Crippen molar-refractivity contribution in [3.63, 3.8) is 0 Å². The Kier molecular flexibility index (Phi) is 5.22. The second-order valence-corrected chi connectivity index (χ2v) is 7.36. The van der Waals surface area contributed by atoms with Gasteiger partial charge in [0.1, 0.15) is 11.4 Å². The van der Waals surface area contributed by atoms with Gasteiger partial charge in [-0.05, 0) is 31.2 Å². The van der Waals surface area contributed by atoms with Gasteiger partial charge in [-0.3, -0.25) is 14.4 Å². The van der Waals surface area contributed by atoms with Gasteiger partial charge in [-0.15, -0.1) is 0 Å². The molecule has 8 nitrogen and oxygen atoms in total. The second-order valence-electron chi connectivity index (χ2n) is 6.83. The molecule has 2 aliphatic rings. The number of hydrogen-bond acceptors (Lipinski definition) is 6. The molecule has 2 amide bonds. The Morgan fingerprint density at radius 1 is 1.21 bits per heavy atom. The van der Waals surface area contributed by atoms with Gasteiger partial charge in [0.15, 0.2) is 6.61 Å². The van der Waals surface area contributed by atoms with Crippen molar-refractivity contribution in [3.05, 3.63) is 48.0 Å². The van der Waals surface area contributed by atoms with Crippen molar-refractivity contribution in [1.82, 2.24) is 0 Å². The van der Waals surface area contributed by atoms with Gasteiger partial charge in [0.25, 0.3) is 5.91 Å². The third-order valence-corrected chi connectivity index (χ3v) is 5.25. The molecule has 2 aromatic rings. The summed E-state index contributed by atoms with van der Waals surface area (Å²) in [5.41, 5.74) is 3.63. The van der Waals surface area contributed by atoms with E-state index in [1.54, 1.807) is 23.1 Å². The number of nitrogens with zero attached hydrogens (tertiary/aromatic N) is 3. The summed E-state index contributed by atoms with van der Waals surface area (Å²) < 4.78 is 13.4. The number of aryl methyl sites for hydroxylation is 1. The van der Waals surface area contributed by atoms with Crippen LogP contribution in [0, 0.1) is 12.8 Å². The van der Waals surface area contributed by atoms with Gasteiger partial charge in [-0.2, -0.15) is 8.73 Å². The van der Waals surface area contributed by atoms with Crippen molar-refractivity contribution < 1.29 is 19.1 Å². The summed E-state index contributed by atoms with van der Waals surface area (Å²) in [4.78, 5) is 38.4. The molecule has 9 heteroatoms. The maximum absolute atomic E-state index is 12.3. The van der Waals surface area contributed by atoms with Gasteiger partial charge in [0.2, 0.25) is 5.91 Å². The summed E-state index contributed by atoms with van der Waals surface area (Å²) in [6, 6.07) is 12.8. The van der Waals surface area contributed by atoms with Crippen LogP contribution < -0.4 is 10.2 Å². The van der Waals surface area contributed by atoms with Gasteiger partial charge in [0, 0.05) is 18.7 Å². The van der Waals surface area contributed by atoms with Crippen LogP contribution in [0.15, 0.2) is 51.2 Å². The summed E-state index contributed by atoms with van der Waals surface area (Å²) in [7, 11) is 0. The molecule has 1 saturated heterocycles. The average molecular weight is 410 g/mol. The number of rotatable bonds is 5. The zero-order valence-corrected chi connectivity index (χ0v) is 16.4. The smallest absolute Gasteiger partial charge is 0.311 e. The van der Waals surface area contributed by atoms with E-state index in [0.717, 1.165) is 22.6 Å². The van der Waals surface area contributed by atoms with E-state index < -0.39 is 24.4 Å². The number of benzene rings is 2. The van der Waals surface area contributed by atoms with E-state index in [9.17, 15) is 14.4 Å². The van der Waals surface area contributed by atoms with Crippen molar-refractivity contribution in [2.24, 2.45) is 14.6 Å². The zero-order valence-electron chi connectivity index (χ0n) is 15.6. The molecule has 1 atom stereocenters. The summed E-state index contributed by atoms with van der Waals surface area (Å²) in [6.07, 6.45) is 0.0676. The predicted molar refractivity (Wildman–Crippen MR) is 109 cm³/mol. The van der Waals surface area contributed by atoms with Crippen LogP contribution in [0.2, 0.25) is 0 Å². The highest BCUT2D eigenvalue weighted by Crippen LogP contribution is 2.38. The molecule has 29 heavy (non-hydrogen) atoms. The molecule has 0 aliphatic carbocycles. The van der Waals surface area contributed by atoms with Crippen molar-refractivity contribution in [3.8, 4) is 0 Å². The van der Waals surface area contributed by atoms with Gasteiger partial charge in [-0.25, -0.2) is 0 Å². The van der Waals surface area contributed by atoms with Crippen LogP contribution >= 0.6 is 0 Å². The maximum Gasteiger partial charge on any atom is 0.311 e. The van der Waals surface area contributed by atoms with E-state index in [4.69, 9.17) is 4.74 Å². The first-order chi connectivity index (χ1) is 14.0. The number of fused-ring (bicyclic) bond motifs is 1. The van der Waals surface area contributed by atoms with E-state index in [-0.39, 0.29) is 18.9 Å². The number of esters is 1. The lowest BCUT2D eigenvalue weighted by atomic mass is 10.1. The van der Waals surface area contributed by atoms with Gasteiger partial charge < -0.3 is 15.0 Å². The van der Waals surface area contributed by atoms with Crippen molar-refractivity contribution in [2.75, 3.05) is 23.4 Å². The van der Waals surface area contributed by atoms with E-state index in [1.165, 1.54) is 0 Å². The first-order valence-corrected chi connectivity index (χ1v) is 9.79. The summed E-state index contributed by atoms with van der Waals surface area (Å²) >= 11 is 1.06. The number of carbonyl (C=O) groups is 3. The number of carbonyl (C=O) groups excluding carboxylic acids is 3. The molecule has 0 bridgehead atoms. The van der Waals surface area contributed by atoms with Gasteiger partial charge in [-0.1, -0.05) is 23.8 Å². The van der Waals surface area contributed by atoms with Crippen LogP contribution in [0.1, 0.15) is 12.0 Å². The Hall–Kier alpha value is -3.33. The molecule has 2 aromatic carbocycles. The van der Waals surface area contributed by atoms with Crippen molar-refractivity contribution in [2.45, 2.75) is 13.3 Å². The third-order valence-electron chi connectivity index (χ3n) is 4.71. The summed E-state index contributed by atoms with van der Waals surface area (Å²) in [6.45, 7) is 1.78. The summed E-state index contributed by atoms with van der Waals surface area (Å²) in [5, 5.41) is 2.68. The molecule has 1 N–H and O–H groups in total. The van der Waals surface area contributed by atoms with Crippen LogP contribution in [0.25, 0.3) is 0 Å². The van der Waals surface area contributed by atoms with E-state index >= 15 is 0 Å². The van der Waals surface area contributed by atoms with E-state index in [1.807, 2.05) is 31.2 Å². The Balaban J connectivity index is 1.31. The minimum absolute atomic E-state index is 0.0676. The molecule has 4 rings (SSSR count). The number of amides is 2. The monoisotopic (exact) mass is 410 g/mol. The standard InChI is InChI=1S/C20H18N4O4S/c1-12-5-7-14(8-6-12)24-10-13(9-18(24)26)20(27)28-11-17(25)21-15-3-2-4-16-19(15)23-29-22-16/h2-8,13H,9-11H2,1H3,(H,21,25)/t13-/m0/s1. The van der Waals surface area contributed by atoms with Crippen LogP contribution in [0.5, 0.6) is 0 Å². The molecule has 0 radical (unpaired) electrons. The quantitative estimate of drug-likeness (QED) is 0.653. The molecule has 0 aromatic heterocycles. The van der Waals surface area contributed by atoms with Crippen molar-refractivity contribution in [1.29, 1.82) is 0 Å². The minimum Gasteiger partial charge on any atom is -0.455 e. The highest BCUT2D eigenvalue weighted by molar-refractivity contribution is 7.58. The third kappa shape index (κ3) is 4.09. The molecule has 0 unspecified atom stereocenters. The molecule has 0 saturated carbocycles. The normalized spacial score (nSPS) is 17.1. The van der Waals surface area contributed by atoms with Crippen LogP contribution in [0.3, 0.4) is 0 Å². The largest absolute Gasteiger partial charge is 0.455 e. The molecule has 1 fully saturated rings. The Bertz CT molecular complexity index is 1060. The lowest BCUT2D eigenvalue weighted by Crippen LogP contribution is -2.28. The Morgan fingerprint density at radius 3 is 2.79 bits per heavy atom. The first kappa shape index (κ1) is 19.0. The fourth-order valence-corrected chi connectivity index (χ4v) is 3.74. The minimum atomic E-state index is -0.595. The fourth-order valence-electron chi connectivity index (χ4n) is 3.19. The topological polar surface area (TPSA) is 100 Å². The van der Waals surface area contributed by atoms with E-state index in [2.05, 4.69) is 14.0 Å². The molecule has 2 heterocycles. The Morgan fingerprint density at radius 2 is 2.00 bits per heavy atom. The van der Waals surface area contributed by atoms with Gasteiger partial charge in [0.05, 0.1) is 23.0 Å². The lowest BCUT2D eigenvalue weighted by molar-refractivity contribution is -0.151. The molecule has 2 aliphatic heterocycles. The molecule has 0 spiro atoms. The van der Waals surface area contributed by atoms with Crippen LogP contribution in [-0.2, 0) is 30.5 Å². The number of hydrogen-bond donors (Lipinski definition) is 1. The summed E-state index contributed by atoms with van der Waals surface area (Å²) in [5.74, 6) is -1.76.